The van der Waals surface area contributed by atoms with Gasteiger partial charge in [-0.25, -0.2) is 4.79 Å². The van der Waals surface area contributed by atoms with E-state index in [0.29, 0.717) is 0 Å². The molecule has 0 amide bonds. The van der Waals surface area contributed by atoms with Crippen molar-refractivity contribution < 1.29 is 9.90 Å². The normalized spacial score (nSPS) is 11.2. The summed E-state index contributed by atoms with van der Waals surface area (Å²) in [5.74, 6) is -0.966. The molecule has 0 fully saturated rings. The first-order chi connectivity index (χ1) is 11.6. The lowest BCUT2D eigenvalue weighted by molar-refractivity contribution is -0.131. The first-order valence-corrected chi connectivity index (χ1v) is 7.90. The lowest BCUT2D eigenvalue weighted by Crippen LogP contribution is -2.21. The molecule has 2 aromatic carbocycles. The van der Waals surface area contributed by atoms with Crippen molar-refractivity contribution in [3.8, 4) is 0 Å². The van der Waals surface area contributed by atoms with Crippen LogP contribution in [0.5, 0.6) is 0 Å². The molecule has 0 heterocycles. The highest BCUT2D eigenvalue weighted by Gasteiger charge is 2.00. The van der Waals surface area contributed by atoms with Gasteiger partial charge in [0.15, 0.2) is 0 Å². The van der Waals surface area contributed by atoms with Crippen LogP contribution in [0.1, 0.15) is 19.4 Å². The van der Waals surface area contributed by atoms with E-state index in [1.54, 1.807) is 24.3 Å². The fraction of sp³-hybridized carbons (Fsp3) is 0.211. The van der Waals surface area contributed by atoms with Crippen molar-refractivity contribution in [2.75, 3.05) is 18.0 Å². The molecular formula is C19H21N3O2. The van der Waals surface area contributed by atoms with Gasteiger partial charge in [0.25, 0.3) is 0 Å². The minimum atomic E-state index is -0.966. The predicted octanol–water partition coefficient (Wildman–Crippen LogP) is 5.05. The summed E-state index contributed by atoms with van der Waals surface area (Å²) < 4.78 is 0. The maximum absolute atomic E-state index is 10.5. The van der Waals surface area contributed by atoms with Gasteiger partial charge in [-0.1, -0.05) is 12.1 Å². The highest BCUT2D eigenvalue weighted by Crippen LogP contribution is 2.22. The summed E-state index contributed by atoms with van der Waals surface area (Å²) in [6.45, 7) is 6.21. The van der Waals surface area contributed by atoms with Crippen molar-refractivity contribution in [3.05, 3.63) is 60.2 Å². The van der Waals surface area contributed by atoms with Crippen LogP contribution in [-0.2, 0) is 4.79 Å². The average Bonchev–Trinajstić information content (AvgIpc) is 2.61. The van der Waals surface area contributed by atoms with Gasteiger partial charge in [-0.05, 0) is 61.9 Å². The predicted molar refractivity (Wildman–Crippen MR) is 97.3 cm³/mol. The van der Waals surface area contributed by atoms with Crippen LogP contribution in [0.2, 0.25) is 0 Å². The van der Waals surface area contributed by atoms with Crippen LogP contribution in [0.3, 0.4) is 0 Å². The summed E-state index contributed by atoms with van der Waals surface area (Å²) in [6.07, 6.45) is 2.64. The molecule has 5 heteroatoms. The number of hydrogen-bond acceptors (Lipinski definition) is 4. The van der Waals surface area contributed by atoms with Crippen molar-refractivity contribution in [3.63, 3.8) is 0 Å². The zero-order valence-corrected chi connectivity index (χ0v) is 13.9. The summed E-state index contributed by atoms with van der Waals surface area (Å²) in [6, 6.07) is 15.2. The number of nitrogens with zero attached hydrogens (tertiary/aromatic N) is 3. The number of benzene rings is 2. The molecule has 0 atom stereocenters. The molecule has 124 valence electrons. The first-order valence-electron chi connectivity index (χ1n) is 7.90. The molecule has 0 unspecified atom stereocenters. The molecule has 2 rings (SSSR count). The van der Waals surface area contributed by atoms with E-state index in [4.69, 9.17) is 5.11 Å². The number of hydrogen-bond donors (Lipinski definition) is 1. The van der Waals surface area contributed by atoms with Crippen molar-refractivity contribution in [2.24, 2.45) is 10.2 Å². The number of anilines is 1. The number of rotatable bonds is 7. The molecule has 0 aromatic heterocycles. The lowest BCUT2D eigenvalue weighted by atomic mass is 10.2. The van der Waals surface area contributed by atoms with Crippen LogP contribution in [-0.4, -0.2) is 24.2 Å². The van der Waals surface area contributed by atoms with Gasteiger partial charge in [-0.2, -0.15) is 10.2 Å². The Labute approximate surface area is 142 Å². The summed E-state index contributed by atoms with van der Waals surface area (Å²) in [5.41, 5.74) is 3.49. The van der Waals surface area contributed by atoms with E-state index in [0.717, 1.165) is 36.1 Å². The van der Waals surface area contributed by atoms with Crippen LogP contribution >= 0.6 is 0 Å². The third-order valence-electron chi connectivity index (χ3n) is 3.57. The van der Waals surface area contributed by atoms with Gasteiger partial charge >= 0.3 is 5.97 Å². The van der Waals surface area contributed by atoms with Crippen molar-refractivity contribution >= 4 is 29.1 Å². The molecule has 24 heavy (non-hydrogen) atoms. The Balaban J connectivity index is 2.04. The quantitative estimate of drug-likeness (QED) is 0.573. The fourth-order valence-corrected chi connectivity index (χ4v) is 2.25. The highest BCUT2D eigenvalue weighted by atomic mass is 16.4. The SMILES string of the molecule is CCN(CC)c1ccc(N=Nc2ccc(C=CC(=O)O)cc2)cc1. The molecule has 0 bridgehead atoms. The Morgan fingerprint density at radius 2 is 1.46 bits per heavy atom. The first kappa shape index (κ1) is 17.4. The van der Waals surface area contributed by atoms with Gasteiger partial charge in [-0.3, -0.25) is 0 Å². The molecule has 0 radical (unpaired) electrons. The molecule has 0 spiro atoms. The molecule has 0 aliphatic carbocycles. The number of azo groups is 1. The third-order valence-corrected chi connectivity index (χ3v) is 3.57. The van der Waals surface area contributed by atoms with Crippen molar-refractivity contribution in [2.45, 2.75) is 13.8 Å². The summed E-state index contributed by atoms with van der Waals surface area (Å²) in [7, 11) is 0. The van der Waals surface area contributed by atoms with Gasteiger partial charge in [0.1, 0.15) is 0 Å². The second-order valence-electron chi connectivity index (χ2n) is 5.15. The van der Waals surface area contributed by atoms with Gasteiger partial charge in [0, 0.05) is 24.9 Å². The van der Waals surface area contributed by atoms with Crippen molar-refractivity contribution in [1.29, 1.82) is 0 Å². The average molecular weight is 323 g/mol. The zero-order valence-electron chi connectivity index (χ0n) is 13.9. The topological polar surface area (TPSA) is 65.3 Å². The smallest absolute Gasteiger partial charge is 0.328 e. The maximum atomic E-state index is 10.5. The van der Waals surface area contributed by atoms with E-state index < -0.39 is 5.97 Å². The van der Waals surface area contributed by atoms with Crippen molar-refractivity contribution in [1.82, 2.24) is 0 Å². The fourth-order valence-electron chi connectivity index (χ4n) is 2.25. The summed E-state index contributed by atoms with van der Waals surface area (Å²) >= 11 is 0. The molecular weight excluding hydrogens is 302 g/mol. The Kier molecular flexibility index (Phi) is 6.25. The summed E-state index contributed by atoms with van der Waals surface area (Å²) in [4.78, 5) is 12.7. The monoisotopic (exact) mass is 323 g/mol. The van der Waals surface area contributed by atoms with E-state index in [1.165, 1.54) is 11.8 Å². The summed E-state index contributed by atoms with van der Waals surface area (Å²) in [5, 5.41) is 17.0. The standard InChI is InChI=1S/C19H21N3O2/c1-3-22(4-2)18-12-10-17(11-13-18)21-20-16-8-5-15(6-9-16)7-14-19(23)24/h5-14H,3-4H2,1-2H3,(H,23,24). The van der Waals surface area contributed by atoms with Gasteiger partial charge in [0.05, 0.1) is 11.4 Å². The van der Waals surface area contributed by atoms with Gasteiger partial charge in [0.2, 0.25) is 0 Å². The molecule has 0 saturated carbocycles. The molecule has 0 saturated heterocycles. The molecule has 0 aliphatic heterocycles. The lowest BCUT2D eigenvalue weighted by Gasteiger charge is -2.20. The van der Waals surface area contributed by atoms with E-state index >= 15 is 0 Å². The largest absolute Gasteiger partial charge is 0.478 e. The molecule has 2 aromatic rings. The Hall–Kier alpha value is -2.95. The van der Waals surface area contributed by atoms with Gasteiger partial charge in [-0.15, -0.1) is 0 Å². The van der Waals surface area contributed by atoms with E-state index in [1.807, 2.05) is 24.3 Å². The minimum absolute atomic E-state index is 0.718. The molecule has 0 aliphatic rings. The van der Waals surface area contributed by atoms with Gasteiger partial charge < -0.3 is 10.0 Å². The van der Waals surface area contributed by atoms with Crippen LogP contribution in [0.25, 0.3) is 6.08 Å². The molecule has 1 N–H and O–H groups in total. The van der Waals surface area contributed by atoms with Crippen LogP contribution in [0.4, 0.5) is 17.1 Å². The minimum Gasteiger partial charge on any atom is -0.478 e. The number of aliphatic carboxylic acids is 1. The third kappa shape index (κ3) is 5.05. The van der Waals surface area contributed by atoms with E-state index in [9.17, 15) is 4.79 Å². The van der Waals surface area contributed by atoms with Crippen LogP contribution in [0, 0.1) is 0 Å². The Morgan fingerprint density at radius 3 is 1.92 bits per heavy atom. The van der Waals surface area contributed by atoms with Crippen LogP contribution < -0.4 is 4.90 Å². The van der Waals surface area contributed by atoms with E-state index in [-0.39, 0.29) is 0 Å². The zero-order chi connectivity index (χ0) is 17.4. The highest BCUT2D eigenvalue weighted by molar-refractivity contribution is 5.85. The number of carboxylic acids is 1. The van der Waals surface area contributed by atoms with Crippen LogP contribution in [0.15, 0.2) is 64.8 Å². The molecule has 5 nitrogen and oxygen atoms in total. The van der Waals surface area contributed by atoms with E-state index in [2.05, 4.69) is 29.0 Å². The maximum Gasteiger partial charge on any atom is 0.328 e. The Morgan fingerprint density at radius 1 is 0.958 bits per heavy atom. The number of carboxylic acid groups (broad SMARTS) is 1. The second kappa shape index (κ2) is 8.62. The second-order valence-corrected chi connectivity index (χ2v) is 5.15. The number of carbonyl (C=O) groups is 1. The Bertz CT molecular complexity index is 715.